The number of pyridine rings is 1. The highest BCUT2D eigenvalue weighted by Gasteiger charge is 2.55. The van der Waals surface area contributed by atoms with Crippen molar-refractivity contribution in [3.8, 4) is 11.3 Å². The highest BCUT2D eigenvalue weighted by Crippen LogP contribution is 2.33. The fourth-order valence-corrected chi connectivity index (χ4v) is 3.22. The van der Waals surface area contributed by atoms with E-state index in [1.165, 1.54) is 30.5 Å². The number of benzene rings is 1. The van der Waals surface area contributed by atoms with Crippen molar-refractivity contribution in [2.45, 2.75) is 37.8 Å². The van der Waals surface area contributed by atoms with Crippen molar-refractivity contribution in [1.29, 1.82) is 0 Å². The summed E-state index contributed by atoms with van der Waals surface area (Å²) in [6.45, 7) is 1.17. The third kappa shape index (κ3) is 5.13. The fraction of sp³-hybridized carbons (Fsp3) is 0.286. The zero-order valence-corrected chi connectivity index (χ0v) is 17.5. The molecule has 182 valence electrons. The average Bonchev–Trinajstić information content (AvgIpc) is 3.10. The second kappa shape index (κ2) is 8.61. The number of amides is 1. The van der Waals surface area contributed by atoms with Crippen LogP contribution in [0.1, 0.15) is 24.5 Å². The van der Waals surface area contributed by atoms with Crippen LogP contribution in [0.5, 0.6) is 0 Å². The number of hydrogen-bond donors (Lipinski definition) is 1. The molecule has 1 unspecified atom stereocenters. The SMILES string of the molecule is CC(C)(OC(=O)C(F)(F)F)C(NC(=O)c1nc(-c2ccc(F)cc2)c2ccccn12)C(F)(F)F. The number of aromatic nitrogens is 2. The first-order valence-electron chi connectivity index (χ1n) is 9.52. The van der Waals surface area contributed by atoms with Crippen LogP contribution in [-0.2, 0) is 9.53 Å². The van der Waals surface area contributed by atoms with E-state index in [0.29, 0.717) is 24.9 Å². The number of ether oxygens (including phenoxy) is 1. The fourth-order valence-electron chi connectivity index (χ4n) is 3.22. The topological polar surface area (TPSA) is 72.7 Å². The van der Waals surface area contributed by atoms with Crippen LogP contribution in [0.15, 0.2) is 48.7 Å². The third-order valence-corrected chi connectivity index (χ3v) is 4.75. The van der Waals surface area contributed by atoms with Crippen molar-refractivity contribution in [3.05, 3.63) is 60.3 Å². The first-order valence-corrected chi connectivity index (χ1v) is 9.52. The molecule has 1 aromatic carbocycles. The third-order valence-electron chi connectivity index (χ3n) is 4.75. The molecule has 0 saturated carbocycles. The molecule has 0 spiro atoms. The van der Waals surface area contributed by atoms with Gasteiger partial charge >= 0.3 is 18.3 Å². The molecule has 0 radical (unpaired) electrons. The van der Waals surface area contributed by atoms with E-state index in [9.17, 15) is 40.3 Å². The number of halogens is 7. The molecule has 0 aliphatic heterocycles. The predicted octanol–water partition coefficient (Wildman–Crippen LogP) is 4.69. The van der Waals surface area contributed by atoms with Crippen molar-refractivity contribution in [3.63, 3.8) is 0 Å². The zero-order valence-electron chi connectivity index (χ0n) is 17.5. The number of carbonyl (C=O) groups is 2. The van der Waals surface area contributed by atoms with Gasteiger partial charge in [-0.05, 0) is 50.2 Å². The maximum absolute atomic E-state index is 13.7. The van der Waals surface area contributed by atoms with Gasteiger partial charge in [0.2, 0.25) is 5.82 Å². The molecule has 3 rings (SSSR count). The summed E-state index contributed by atoms with van der Waals surface area (Å²) in [5.41, 5.74) is -2.02. The second-order valence-electron chi connectivity index (χ2n) is 7.69. The first-order chi connectivity index (χ1) is 15.6. The molecule has 0 aliphatic rings. The van der Waals surface area contributed by atoms with Gasteiger partial charge in [-0.15, -0.1) is 0 Å². The summed E-state index contributed by atoms with van der Waals surface area (Å²) >= 11 is 0. The Morgan fingerprint density at radius 3 is 2.18 bits per heavy atom. The smallest absolute Gasteiger partial charge is 0.450 e. The summed E-state index contributed by atoms with van der Waals surface area (Å²) in [6.07, 6.45) is -9.50. The largest absolute Gasteiger partial charge is 0.490 e. The van der Waals surface area contributed by atoms with Crippen LogP contribution in [0.25, 0.3) is 16.8 Å². The highest BCUT2D eigenvalue weighted by atomic mass is 19.4. The minimum absolute atomic E-state index is 0.150. The van der Waals surface area contributed by atoms with Crippen LogP contribution in [0.2, 0.25) is 0 Å². The number of hydrogen-bond acceptors (Lipinski definition) is 4. The van der Waals surface area contributed by atoms with E-state index in [0.717, 1.165) is 16.5 Å². The predicted molar refractivity (Wildman–Crippen MR) is 104 cm³/mol. The van der Waals surface area contributed by atoms with Crippen LogP contribution in [0, 0.1) is 5.82 Å². The Balaban J connectivity index is 2.00. The molecule has 0 saturated heterocycles. The summed E-state index contributed by atoms with van der Waals surface area (Å²) in [7, 11) is 0. The molecular formula is C21H16F7N3O3. The Morgan fingerprint density at radius 2 is 1.62 bits per heavy atom. The molecule has 1 atom stereocenters. The van der Waals surface area contributed by atoms with E-state index in [4.69, 9.17) is 0 Å². The number of esters is 1. The Kier molecular flexibility index (Phi) is 6.33. The van der Waals surface area contributed by atoms with Gasteiger partial charge in [0.1, 0.15) is 11.4 Å². The monoisotopic (exact) mass is 491 g/mol. The molecule has 2 heterocycles. The van der Waals surface area contributed by atoms with E-state index in [2.05, 4.69) is 9.72 Å². The molecule has 0 aliphatic carbocycles. The lowest BCUT2D eigenvalue weighted by atomic mass is 9.97. The van der Waals surface area contributed by atoms with E-state index >= 15 is 0 Å². The number of rotatable bonds is 5. The summed E-state index contributed by atoms with van der Waals surface area (Å²) < 4.78 is 97.3. The Morgan fingerprint density at radius 1 is 1.00 bits per heavy atom. The molecule has 6 nitrogen and oxygen atoms in total. The Hall–Kier alpha value is -3.64. The summed E-state index contributed by atoms with van der Waals surface area (Å²) in [4.78, 5) is 28.1. The maximum atomic E-state index is 13.7. The van der Waals surface area contributed by atoms with E-state index in [1.807, 2.05) is 0 Å². The van der Waals surface area contributed by atoms with E-state index in [-0.39, 0.29) is 5.69 Å². The molecule has 13 heteroatoms. The minimum Gasteiger partial charge on any atom is -0.450 e. The van der Waals surface area contributed by atoms with Gasteiger partial charge in [0.15, 0.2) is 6.04 Å². The lowest BCUT2D eigenvalue weighted by molar-refractivity contribution is -0.233. The lowest BCUT2D eigenvalue weighted by Crippen LogP contribution is -2.60. The van der Waals surface area contributed by atoms with Crippen LogP contribution < -0.4 is 5.32 Å². The zero-order chi connectivity index (χ0) is 25.5. The van der Waals surface area contributed by atoms with Gasteiger partial charge in [-0.2, -0.15) is 26.3 Å². The molecule has 0 fully saturated rings. The molecular weight excluding hydrogens is 475 g/mol. The van der Waals surface area contributed by atoms with Gasteiger partial charge in [-0.1, -0.05) is 6.07 Å². The van der Waals surface area contributed by atoms with Gasteiger partial charge in [-0.25, -0.2) is 14.2 Å². The quantitative estimate of drug-likeness (QED) is 0.416. The van der Waals surface area contributed by atoms with Gasteiger partial charge < -0.3 is 10.1 Å². The first kappa shape index (κ1) is 25.0. The second-order valence-corrected chi connectivity index (χ2v) is 7.69. The maximum Gasteiger partial charge on any atom is 0.490 e. The Bertz CT molecular complexity index is 1220. The van der Waals surface area contributed by atoms with Crippen molar-refractivity contribution >= 4 is 17.4 Å². The van der Waals surface area contributed by atoms with Crippen LogP contribution in [0.3, 0.4) is 0 Å². The summed E-state index contributed by atoms with van der Waals surface area (Å²) in [5.74, 6) is -5.31. The van der Waals surface area contributed by atoms with Crippen LogP contribution in [0.4, 0.5) is 30.7 Å². The molecule has 1 N–H and O–H groups in total. The van der Waals surface area contributed by atoms with Crippen LogP contribution in [-0.4, -0.2) is 45.3 Å². The van der Waals surface area contributed by atoms with E-state index < -0.39 is 47.5 Å². The standard InChI is InChI=1S/C21H16F7N3O3/c1-19(2,34-18(33)21(26,27)28)17(20(23,24)25)30-16(32)15-29-14(11-6-8-12(22)9-7-11)13-5-3-4-10-31(13)15/h3-10,17H,1-2H3,(H,30,32). The minimum atomic E-state index is -5.54. The van der Waals surface area contributed by atoms with Crippen molar-refractivity contribution in [2.24, 2.45) is 0 Å². The number of carbonyl (C=O) groups excluding carboxylic acids is 2. The van der Waals surface area contributed by atoms with Gasteiger partial charge in [0.25, 0.3) is 5.91 Å². The van der Waals surface area contributed by atoms with Gasteiger partial charge in [0.05, 0.1) is 11.2 Å². The number of nitrogens with one attached hydrogen (secondary N) is 1. The van der Waals surface area contributed by atoms with Gasteiger partial charge in [0, 0.05) is 11.8 Å². The number of alkyl halides is 6. The van der Waals surface area contributed by atoms with Gasteiger partial charge in [-0.3, -0.25) is 9.20 Å². The molecule has 0 bridgehead atoms. The number of imidazole rings is 1. The summed E-state index contributed by atoms with van der Waals surface area (Å²) in [5, 5.41) is 1.58. The summed E-state index contributed by atoms with van der Waals surface area (Å²) in [6, 6.07) is 6.50. The lowest BCUT2D eigenvalue weighted by Gasteiger charge is -2.35. The van der Waals surface area contributed by atoms with E-state index in [1.54, 1.807) is 11.4 Å². The molecule has 1 amide bonds. The van der Waals surface area contributed by atoms with Crippen molar-refractivity contribution in [1.82, 2.24) is 14.7 Å². The number of nitrogens with zero attached hydrogens (tertiary/aromatic N) is 2. The molecule has 3 aromatic rings. The molecule has 34 heavy (non-hydrogen) atoms. The Labute approximate surface area is 187 Å². The highest BCUT2D eigenvalue weighted by molar-refractivity contribution is 5.95. The number of fused-ring (bicyclic) bond motifs is 1. The molecule has 2 aromatic heterocycles. The van der Waals surface area contributed by atoms with Crippen molar-refractivity contribution in [2.75, 3.05) is 0 Å². The van der Waals surface area contributed by atoms with Crippen LogP contribution >= 0.6 is 0 Å². The normalized spacial score (nSPS) is 13.6. The average molecular weight is 491 g/mol. The van der Waals surface area contributed by atoms with Crippen molar-refractivity contribution < 1.29 is 45.1 Å².